The first-order valence-electron chi connectivity index (χ1n) is 5.28. The number of hydrogen-bond acceptors (Lipinski definition) is 3. The molecule has 2 N–H and O–H groups in total. The molecule has 86 valence electrons. The van der Waals surface area contributed by atoms with Gasteiger partial charge in [-0.15, -0.1) is 0 Å². The maximum Gasteiger partial charge on any atom is 0.143 e. The minimum absolute atomic E-state index is 0.408. The Morgan fingerprint density at radius 3 is 2.81 bits per heavy atom. The zero-order chi connectivity index (χ0) is 11.5. The smallest absolute Gasteiger partial charge is 0.143 e. The van der Waals surface area contributed by atoms with E-state index in [9.17, 15) is 0 Å². The van der Waals surface area contributed by atoms with Crippen LogP contribution in [0, 0.1) is 0 Å². The molecular formula is C12H16N2O2. The van der Waals surface area contributed by atoms with Gasteiger partial charge in [-0.25, -0.2) is 5.90 Å². The fourth-order valence-corrected chi connectivity index (χ4v) is 2.08. The Bertz CT molecular complexity index is 491. The second-order valence-electron chi connectivity index (χ2n) is 3.59. The van der Waals surface area contributed by atoms with Gasteiger partial charge in [0.2, 0.25) is 0 Å². The summed E-state index contributed by atoms with van der Waals surface area (Å²) in [6.45, 7) is 3.36. The Kier molecular flexibility index (Phi) is 3.12. The van der Waals surface area contributed by atoms with E-state index < -0.39 is 0 Å². The molecule has 0 fully saturated rings. The lowest BCUT2D eigenvalue weighted by molar-refractivity contribution is 0.119. The predicted molar refractivity (Wildman–Crippen MR) is 63.1 cm³/mol. The van der Waals surface area contributed by atoms with Crippen molar-refractivity contribution in [2.45, 2.75) is 20.1 Å². The van der Waals surface area contributed by atoms with E-state index in [0.29, 0.717) is 6.61 Å². The molecule has 16 heavy (non-hydrogen) atoms. The number of ether oxygens (including phenoxy) is 1. The van der Waals surface area contributed by atoms with E-state index in [-0.39, 0.29) is 0 Å². The first kappa shape index (κ1) is 11.0. The maximum atomic E-state index is 5.37. The van der Waals surface area contributed by atoms with Crippen LogP contribution in [0.5, 0.6) is 5.75 Å². The van der Waals surface area contributed by atoms with Crippen molar-refractivity contribution in [3.05, 3.63) is 30.0 Å². The van der Waals surface area contributed by atoms with E-state index in [1.54, 1.807) is 7.11 Å². The van der Waals surface area contributed by atoms with E-state index in [2.05, 4.69) is 23.6 Å². The molecule has 0 spiro atoms. The Balaban J connectivity index is 2.67. The molecule has 0 radical (unpaired) electrons. The van der Waals surface area contributed by atoms with Crippen molar-refractivity contribution in [1.82, 2.24) is 4.57 Å². The molecule has 2 rings (SSSR count). The minimum atomic E-state index is 0.408. The lowest BCUT2D eigenvalue weighted by Gasteiger charge is -2.09. The van der Waals surface area contributed by atoms with Crippen molar-refractivity contribution in [2.75, 3.05) is 7.11 Å². The van der Waals surface area contributed by atoms with Crippen LogP contribution >= 0.6 is 0 Å². The van der Waals surface area contributed by atoms with Crippen LogP contribution < -0.4 is 10.6 Å². The highest BCUT2D eigenvalue weighted by atomic mass is 16.6. The summed E-state index contributed by atoms with van der Waals surface area (Å²) in [5.74, 6) is 6.01. The molecule has 0 aliphatic carbocycles. The summed E-state index contributed by atoms with van der Waals surface area (Å²) in [6, 6.07) is 8.08. The van der Waals surface area contributed by atoms with E-state index in [1.807, 2.05) is 12.1 Å². The monoisotopic (exact) mass is 220 g/mol. The van der Waals surface area contributed by atoms with Crippen molar-refractivity contribution in [3.8, 4) is 5.75 Å². The molecule has 0 aliphatic heterocycles. The lowest BCUT2D eigenvalue weighted by Crippen LogP contribution is -2.06. The first-order chi connectivity index (χ1) is 7.81. The third kappa shape index (κ3) is 1.66. The van der Waals surface area contributed by atoms with Gasteiger partial charge in [-0.2, -0.15) is 0 Å². The van der Waals surface area contributed by atoms with E-state index in [4.69, 9.17) is 15.5 Å². The Morgan fingerprint density at radius 1 is 1.38 bits per heavy atom. The van der Waals surface area contributed by atoms with Crippen molar-refractivity contribution in [1.29, 1.82) is 0 Å². The van der Waals surface area contributed by atoms with Crippen LogP contribution in [-0.2, 0) is 18.0 Å². The third-order valence-electron chi connectivity index (χ3n) is 2.74. The van der Waals surface area contributed by atoms with Crippen molar-refractivity contribution >= 4 is 10.9 Å². The lowest BCUT2D eigenvalue weighted by atomic mass is 10.2. The number of hydrogen-bond donors (Lipinski definition) is 1. The van der Waals surface area contributed by atoms with Gasteiger partial charge in [0, 0.05) is 17.6 Å². The molecule has 0 saturated carbocycles. The van der Waals surface area contributed by atoms with Crippen molar-refractivity contribution < 1.29 is 9.57 Å². The molecule has 0 bridgehead atoms. The van der Waals surface area contributed by atoms with Gasteiger partial charge in [-0.05, 0) is 19.1 Å². The van der Waals surface area contributed by atoms with Crippen LogP contribution in [0.2, 0.25) is 0 Å². The van der Waals surface area contributed by atoms with Gasteiger partial charge in [0.15, 0.2) is 0 Å². The number of fused-ring (bicyclic) bond motifs is 1. The topological polar surface area (TPSA) is 49.4 Å². The fourth-order valence-electron chi connectivity index (χ4n) is 2.08. The highest BCUT2D eigenvalue weighted by molar-refractivity contribution is 5.87. The van der Waals surface area contributed by atoms with Crippen LogP contribution in [0.1, 0.15) is 12.6 Å². The zero-order valence-corrected chi connectivity index (χ0v) is 9.56. The number of nitrogens with zero attached hydrogens (tertiary/aromatic N) is 1. The standard InChI is InChI=1S/C12H16N2O2/c1-3-14-10(8-16-13)7-9-5-4-6-11(15-2)12(9)14/h4-7H,3,8,13H2,1-2H3. The van der Waals surface area contributed by atoms with Gasteiger partial charge in [0.25, 0.3) is 0 Å². The predicted octanol–water partition coefficient (Wildman–Crippen LogP) is 2.06. The number of aryl methyl sites for hydroxylation is 1. The summed E-state index contributed by atoms with van der Waals surface area (Å²) in [5, 5.41) is 1.15. The molecular weight excluding hydrogens is 204 g/mol. The Morgan fingerprint density at radius 2 is 2.19 bits per heavy atom. The molecule has 1 aromatic heterocycles. The molecule has 4 nitrogen and oxygen atoms in total. The van der Waals surface area contributed by atoms with Crippen molar-refractivity contribution in [2.24, 2.45) is 5.90 Å². The average Bonchev–Trinajstić information content (AvgIpc) is 2.66. The summed E-state index contributed by atoms with van der Waals surface area (Å²) in [7, 11) is 1.68. The Hall–Kier alpha value is -1.52. The second kappa shape index (κ2) is 4.55. The molecule has 1 heterocycles. The van der Waals surface area contributed by atoms with E-state index in [0.717, 1.165) is 28.9 Å². The second-order valence-corrected chi connectivity index (χ2v) is 3.59. The van der Waals surface area contributed by atoms with Gasteiger partial charge in [-0.1, -0.05) is 12.1 Å². The highest BCUT2D eigenvalue weighted by Gasteiger charge is 2.11. The highest BCUT2D eigenvalue weighted by Crippen LogP contribution is 2.28. The van der Waals surface area contributed by atoms with Gasteiger partial charge < -0.3 is 9.30 Å². The van der Waals surface area contributed by atoms with Crippen LogP contribution in [0.25, 0.3) is 10.9 Å². The van der Waals surface area contributed by atoms with Crippen LogP contribution in [0.3, 0.4) is 0 Å². The molecule has 0 aliphatic rings. The number of para-hydroxylation sites is 1. The summed E-state index contributed by atoms with van der Waals surface area (Å²) in [5.41, 5.74) is 2.16. The molecule has 0 atom stereocenters. The normalized spacial score (nSPS) is 10.9. The minimum Gasteiger partial charge on any atom is -0.495 e. The summed E-state index contributed by atoms with van der Waals surface area (Å²) < 4.78 is 7.52. The zero-order valence-electron chi connectivity index (χ0n) is 9.56. The SMILES string of the molecule is CCn1c(CON)cc2cccc(OC)c21. The first-order valence-corrected chi connectivity index (χ1v) is 5.28. The molecule has 4 heteroatoms. The molecule has 0 unspecified atom stereocenters. The third-order valence-corrected chi connectivity index (χ3v) is 2.74. The molecule has 1 aromatic carbocycles. The fraction of sp³-hybridized carbons (Fsp3) is 0.333. The number of benzene rings is 1. The van der Waals surface area contributed by atoms with Gasteiger partial charge >= 0.3 is 0 Å². The van der Waals surface area contributed by atoms with E-state index >= 15 is 0 Å². The van der Waals surface area contributed by atoms with Crippen LogP contribution in [0.4, 0.5) is 0 Å². The van der Waals surface area contributed by atoms with Crippen LogP contribution in [-0.4, -0.2) is 11.7 Å². The van der Waals surface area contributed by atoms with E-state index in [1.165, 1.54) is 0 Å². The quantitative estimate of drug-likeness (QED) is 0.802. The van der Waals surface area contributed by atoms with Gasteiger partial charge in [0.05, 0.1) is 12.6 Å². The van der Waals surface area contributed by atoms with Gasteiger partial charge in [-0.3, -0.25) is 4.84 Å². The summed E-state index contributed by atoms with van der Waals surface area (Å²) >= 11 is 0. The number of aromatic nitrogens is 1. The van der Waals surface area contributed by atoms with Crippen molar-refractivity contribution in [3.63, 3.8) is 0 Å². The maximum absolute atomic E-state index is 5.37. The summed E-state index contributed by atoms with van der Waals surface area (Å²) in [4.78, 5) is 4.71. The number of nitrogens with two attached hydrogens (primary N) is 1. The molecule has 0 amide bonds. The number of methoxy groups -OCH3 is 1. The largest absolute Gasteiger partial charge is 0.495 e. The van der Waals surface area contributed by atoms with Gasteiger partial charge in [0.1, 0.15) is 12.4 Å². The van der Waals surface area contributed by atoms with Crippen LogP contribution in [0.15, 0.2) is 24.3 Å². The molecule has 2 aromatic rings. The Labute approximate surface area is 94.5 Å². The summed E-state index contributed by atoms with van der Waals surface area (Å²) in [6.07, 6.45) is 0. The number of rotatable bonds is 4. The average molecular weight is 220 g/mol. The molecule has 0 saturated heterocycles.